The molecule has 3 aromatic rings. The van der Waals surface area contributed by atoms with Gasteiger partial charge in [0.05, 0.1) is 5.69 Å². The lowest BCUT2D eigenvalue weighted by atomic mass is 10.1. The topological polar surface area (TPSA) is 69.6 Å². The molecule has 0 saturated carbocycles. The van der Waals surface area contributed by atoms with Gasteiger partial charge in [-0.25, -0.2) is 4.39 Å². The van der Waals surface area contributed by atoms with Crippen LogP contribution in [-0.2, 0) is 6.42 Å². The lowest BCUT2D eigenvalue weighted by molar-refractivity contribution is 0.600. The van der Waals surface area contributed by atoms with Gasteiger partial charge in [0.15, 0.2) is 0 Å². The zero-order valence-corrected chi connectivity index (χ0v) is 11.3. The lowest BCUT2D eigenvalue weighted by Crippen LogP contribution is -2.10. The van der Waals surface area contributed by atoms with Crippen molar-refractivity contribution in [1.82, 2.24) is 20.2 Å². The van der Waals surface area contributed by atoms with E-state index in [9.17, 15) is 4.39 Å². The second kappa shape index (κ2) is 5.80. The normalized spacial score (nSPS) is 10.8. The highest BCUT2D eigenvalue weighted by Gasteiger charge is 2.13. The maximum Gasteiger partial charge on any atom is 0.205 e. The molecule has 1 aromatic heterocycles. The Bertz CT molecular complexity index is 739. The number of tetrazole rings is 1. The Morgan fingerprint density at radius 2 is 1.86 bits per heavy atom. The number of nitrogens with two attached hydrogens (primary N) is 1. The second-order valence-electron chi connectivity index (χ2n) is 4.54. The zero-order chi connectivity index (χ0) is 14.7. The Morgan fingerprint density at radius 3 is 2.62 bits per heavy atom. The summed E-state index contributed by atoms with van der Waals surface area (Å²) in [5.74, 6) is 0.190. The van der Waals surface area contributed by atoms with E-state index in [1.807, 2.05) is 30.3 Å². The summed E-state index contributed by atoms with van der Waals surface area (Å²) in [6, 6.07) is 14.3. The molecule has 0 aliphatic carbocycles. The molecular formula is C15H14FN5. The van der Waals surface area contributed by atoms with Crippen molar-refractivity contribution in [2.45, 2.75) is 6.42 Å². The number of halogens is 1. The number of aromatic nitrogens is 4. The molecule has 0 amide bonds. The van der Waals surface area contributed by atoms with Crippen LogP contribution in [0.3, 0.4) is 0 Å². The molecule has 0 saturated heterocycles. The van der Waals surface area contributed by atoms with Gasteiger partial charge < -0.3 is 5.73 Å². The summed E-state index contributed by atoms with van der Waals surface area (Å²) in [7, 11) is 0. The fourth-order valence-electron chi connectivity index (χ4n) is 2.15. The van der Waals surface area contributed by atoms with E-state index in [1.165, 1.54) is 10.9 Å². The Balaban J connectivity index is 2.03. The molecular weight excluding hydrogens is 269 g/mol. The summed E-state index contributed by atoms with van der Waals surface area (Å²) >= 11 is 0. The van der Waals surface area contributed by atoms with Gasteiger partial charge in [-0.1, -0.05) is 36.4 Å². The number of hydrogen-bond donors (Lipinski definition) is 1. The molecule has 106 valence electrons. The number of nitrogens with zero attached hydrogens (tertiary/aromatic N) is 4. The van der Waals surface area contributed by atoms with Gasteiger partial charge in [0.25, 0.3) is 0 Å². The van der Waals surface area contributed by atoms with Crippen LogP contribution in [0.25, 0.3) is 17.1 Å². The van der Waals surface area contributed by atoms with Crippen molar-refractivity contribution in [1.29, 1.82) is 0 Å². The molecule has 3 rings (SSSR count). The van der Waals surface area contributed by atoms with E-state index in [0.717, 1.165) is 5.56 Å². The van der Waals surface area contributed by atoms with Crippen molar-refractivity contribution in [3.8, 4) is 17.1 Å². The first-order valence-electron chi connectivity index (χ1n) is 6.63. The fraction of sp³-hybridized carbons (Fsp3) is 0.133. The highest BCUT2D eigenvalue weighted by Crippen LogP contribution is 2.19. The Hall–Kier alpha value is -2.60. The third kappa shape index (κ3) is 2.66. The molecule has 6 heteroatoms. The molecule has 0 radical (unpaired) electrons. The van der Waals surface area contributed by atoms with Gasteiger partial charge in [0.2, 0.25) is 5.82 Å². The molecule has 2 N–H and O–H groups in total. The van der Waals surface area contributed by atoms with E-state index in [2.05, 4.69) is 15.4 Å². The van der Waals surface area contributed by atoms with Crippen molar-refractivity contribution in [2.75, 3.05) is 6.54 Å². The predicted octanol–water partition coefficient (Wildman–Crippen LogP) is 1.97. The van der Waals surface area contributed by atoms with Crippen molar-refractivity contribution < 1.29 is 4.39 Å². The smallest absolute Gasteiger partial charge is 0.205 e. The number of rotatable bonds is 4. The lowest BCUT2D eigenvalue weighted by Gasteiger charge is -2.07. The van der Waals surface area contributed by atoms with E-state index in [-0.39, 0.29) is 5.82 Å². The van der Waals surface area contributed by atoms with Crippen LogP contribution in [0.4, 0.5) is 4.39 Å². The van der Waals surface area contributed by atoms with E-state index in [4.69, 9.17) is 5.73 Å². The highest BCUT2D eigenvalue weighted by molar-refractivity contribution is 5.53. The van der Waals surface area contributed by atoms with Gasteiger partial charge in [-0.15, -0.1) is 15.0 Å². The van der Waals surface area contributed by atoms with Crippen LogP contribution in [0.15, 0.2) is 48.5 Å². The fourth-order valence-corrected chi connectivity index (χ4v) is 2.15. The molecule has 0 atom stereocenters. The summed E-state index contributed by atoms with van der Waals surface area (Å²) in [5, 5.41) is 12.4. The molecule has 2 aromatic carbocycles. The van der Waals surface area contributed by atoms with Crippen LogP contribution in [0, 0.1) is 5.82 Å². The monoisotopic (exact) mass is 283 g/mol. The highest BCUT2D eigenvalue weighted by atomic mass is 19.1. The van der Waals surface area contributed by atoms with Crippen LogP contribution in [-0.4, -0.2) is 26.8 Å². The second-order valence-corrected chi connectivity index (χ2v) is 4.54. The van der Waals surface area contributed by atoms with Gasteiger partial charge in [0.1, 0.15) is 5.82 Å². The van der Waals surface area contributed by atoms with Gasteiger partial charge in [-0.2, -0.15) is 0 Å². The largest absolute Gasteiger partial charge is 0.330 e. The van der Waals surface area contributed by atoms with Gasteiger partial charge in [-0.05, 0) is 30.3 Å². The number of hydrogen-bond acceptors (Lipinski definition) is 4. The molecule has 0 spiro atoms. The standard InChI is InChI=1S/C15H14FN5/c16-13-7-4-8-14(12(13)9-10-17)21-19-15(18-20-21)11-5-2-1-3-6-11/h1-8H,9-10,17H2. The predicted molar refractivity (Wildman–Crippen MR) is 77.3 cm³/mol. The first kappa shape index (κ1) is 13.4. The first-order valence-corrected chi connectivity index (χ1v) is 6.63. The molecule has 0 bridgehead atoms. The first-order chi connectivity index (χ1) is 10.3. The molecule has 0 fully saturated rings. The molecule has 5 nitrogen and oxygen atoms in total. The van der Waals surface area contributed by atoms with Crippen molar-refractivity contribution in [3.63, 3.8) is 0 Å². The Morgan fingerprint density at radius 1 is 1.05 bits per heavy atom. The van der Waals surface area contributed by atoms with Crippen molar-refractivity contribution >= 4 is 0 Å². The minimum atomic E-state index is -0.309. The summed E-state index contributed by atoms with van der Waals surface area (Å²) in [6.07, 6.45) is 0.421. The van der Waals surface area contributed by atoms with Crippen LogP contribution in [0.2, 0.25) is 0 Å². The summed E-state index contributed by atoms with van der Waals surface area (Å²) in [6.45, 7) is 0.355. The third-order valence-corrected chi connectivity index (χ3v) is 3.15. The Kier molecular flexibility index (Phi) is 3.70. The van der Waals surface area contributed by atoms with E-state index >= 15 is 0 Å². The maximum absolute atomic E-state index is 13.9. The van der Waals surface area contributed by atoms with Gasteiger partial charge in [0, 0.05) is 11.1 Å². The van der Waals surface area contributed by atoms with E-state index < -0.39 is 0 Å². The van der Waals surface area contributed by atoms with E-state index in [1.54, 1.807) is 12.1 Å². The van der Waals surface area contributed by atoms with E-state index in [0.29, 0.717) is 30.0 Å². The van der Waals surface area contributed by atoms with Crippen molar-refractivity contribution in [3.05, 3.63) is 59.9 Å². The maximum atomic E-state index is 13.9. The average molecular weight is 283 g/mol. The van der Waals surface area contributed by atoms with Gasteiger partial charge in [-0.3, -0.25) is 0 Å². The summed E-state index contributed by atoms with van der Waals surface area (Å²) in [4.78, 5) is 1.34. The summed E-state index contributed by atoms with van der Waals surface area (Å²) < 4.78 is 13.9. The van der Waals surface area contributed by atoms with Crippen molar-refractivity contribution in [2.24, 2.45) is 5.73 Å². The molecule has 21 heavy (non-hydrogen) atoms. The molecule has 1 heterocycles. The minimum Gasteiger partial charge on any atom is -0.330 e. The number of benzene rings is 2. The molecule has 0 aliphatic rings. The SMILES string of the molecule is NCCc1c(F)cccc1-n1nnc(-c2ccccc2)n1. The summed E-state index contributed by atoms with van der Waals surface area (Å²) in [5.41, 5.74) is 7.46. The molecule has 0 unspecified atom stereocenters. The zero-order valence-electron chi connectivity index (χ0n) is 11.3. The van der Waals surface area contributed by atoms with Crippen LogP contribution >= 0.6 is 0 Å². The van der Waals surface area contributed by atoms with Crippen LogP contribution in [0.1, 0.15) is 5.56 Å². The average Bonchev–Trinajstić information content (AvgIpc) is 3.00. The third-order valence-electron chi connectivity index (χ3n) is 3.15. The van der Waals surface area contributed by atoms with Crippen LogP contribution < -0.4 is 5.73 Å². The quantitative estimate of drug-likeness (QED) is 0.794. The Labute approximate surface area is 121 Å². The molecule has 0 aliphatic heterocycles. The minimum absolute atomic E-state index is 0.309. The van der Waals surface area contributed by atoms with Gasteiger partial charge >= 0.3 is 0 Å². The van der Waals surface area contributed by atoms with Crippen LogP contribution in [0.5, 0.6) is 0 Å².